The number of rotatable bonds is 0. The van der Waals surface area contributed by atoms with Crippen molar-refractivity contribution in [2.45, 2.75) is 25.6 Å². The molecule has 0 saturated carbocycles. The predicted molar refractivity (Wildman–Crippen MR) is 51.5 cm³/mol. The van der Waals surface area contributed by atoms with E-state index in [-0.39, 0.29) is 0 Å². The normalized spacial score (nSPS) is 17.0. The van der Waals surface area contributed by atoms with Crippen LogP contribution in [-0.4, -0.2) is 6.54 Å². The van der Waals surface area contributed by atoms with E-state index >= 15 is 0 Å². The van der Waals surface area contributed by atoms with Gasteiger partial charge in [0.2, 0.25) is 0 Å². The predicted octanol–water partition coefficient (Wildman–Crippen LogP) is 2.74. The van der Waals surface area contributed by atoms with Crippen LogP contribution >= 0.6 is 0 Å². The minimum absolute atomic E-state index is 0.541. The molecule has 2 rings (SSSR count). The van der Waals surface area contributed by atoms with Crippen LogP contribution < -0.4 is 5.32 Å². The van der Waals surface area contributed by atoms with Crippen LogP contribution in [0, 0.1) is 0 Å². The highest BCUT2D eigenvalue weighted by atomic mass is 19.4. The van der Waals surface area contributed by atoms with Crippen LogP contribution in [0.3, 0.4) is 0 Å². The highest BCUT2D eigenvalue weighted by molar-refractivity contribution is 5.34. The molecular formula is C11H12F3N. The van der Waals surface area contributed by atoms with Gasteiger partial charge in [-0.3, -0.25) is 0 Å². The Balaban J connectivity index is 2.36. The van der Waals surface area contributed by atoms with Gasteiger partial charge in [-0.15, -0.1) is 0 Å². The third-order valence-corrected chi connectivity index (χ3v) is 2.65. The minimum Gasteiger partial charge on any atom is -0.313 e. The van der Waals surface area contributed by atoms with Gasteiger partial charge in [0.05, 0.1) is 5.56 Å². The summed E-state index contributed by atoms with van der Waals surface area (Å²) in [6.07, 6.45) is -2.39. The SMILES string of the molecule is FC(F)(F)c1ccc2c(c1)CNCCC2. The second-order valence-corrected chi connectivity index (χ2v) is 3.76. The molecule has 0 aromatic heterocycles. The lowest BCUT2D eigenvalue weighted by Gasteiger charge is -2.11. The van der Waals surface area contributed by atoms with Gasteiger partial charge in [0.1, 0.15) is 0 Å². The van der Waals surface area contributed by atoms with E-state index in [4.69, 9.17) is 0 Å². The Labute approximate surface area is 86.3 Å². The monoisotopic (exact) mass is 215 g/mol. The average Bonchev–Trinajstić information content (AvgIpc) is 2.39. The summed E-state index contributed by atoms with van der Waals surface area (Å²) in [6.45, 7) is 1.41. The van der Waals surface area contributed by atoms with Crippen molar-refractivity contribution in [2.24, 2.45) is 0 Å². The van der Waals surface area contributed by atoms with Gasteiger partial charge in [0.25, 0.3) is 0 Å². The highest BCUT2D eigenvalue weighted by Crippen LogP contribution is 2.31. The molecule has 1 aliphatic rings. The lowest BCUT2D eigenvalue weighted by Crippen LogP contribution is -2.13. The fourth-order valence-electron chi connectivity index (χ4n) is 1.84. The van der Waals surface area contributed by atoms with E-state index in [0.29, 0.717) is 6.54 Å². The van der Waals surface area contributed by atoms with Crippen LogP contribution in [0.25, 0.3) is 0 Å². The maximum Gasteiger partial charge on any atom is 0.416 e. The van der Waals surface area contributed by atoms with Crippen molar-refractivity contribution in [3.63, 3.8) is 0 Å². The molecule has 1 nitrogen and oxygen atoms in total. The van der Waals surface area contributed by atoms with Crippen molar-refractivity contribution >= 4 is 0 Å². The molecule has 0 bridgehead atoms. The minimum atomic E-state index is -4.23. The number of fused-ring (bicyclic) bond motifs is 1. The first-order valence-corrected chi connectivity index (χ1v) is 4.97. The maximum atomic E-state index is 12.4. The van der Waals surface area contributed by atoms with Crippen LogP contribution in [0.4, 0.5) is 13.2 Å². The smallest absolute Gasteiger partial charge is 0.313 e. The Hall–Kier alpha value is -1.03. The number of halogens is 3. The molecule has 1 aliphatic heterocycles. The van der Waals surface area contributed by atoms with Gasteiger partial charge in [-0.1, -0.05) is 6.07 Å². The Morgan fingerprint density at radius 2 is 1.93 bits per heavy atom. The second kappa shape index (κ2) is 3.85. The fourth-order valence-corrected chi connectivity index (χ4v) is 1.84. The summed E-state index contributed by atoms with van der Waals surface area (Å²) in [7, 11) is 0. The van der Waals surface area contributed by atoms with Gasteiger partial charge in [0, 0.05) is 6.54 Å². The molecule has 15 heavy (non-hydrogen) atoms. The lowest BCUT2D eigenvalue weighted by atomic mass is 10.0. The Bertz CT molecular complexity index is 357. The molecular weight excluding hydrogens is 203 g/mol. The molecule has 1 N–H and O–H groups in total. The van der Waals surface area contributed by atoms with Crippen LogP contribution in [0.15, 0.2) is 18.2 Å². The zero-order valence-electron chi connectivity index (χ0n) is 8.19. The summed E-state index contributed by atoms with van der Waals surface area (Å²) in [5.41, 5.74) is 1.26. The molecule has 0 radical (unpaired) electrons. The molecule has 0 unspecified atom stereocenters. The summed E-state index contributed by atoms with van der Waals surface area (Å²) >= 11 is 0. The third-order valence-electron chi connectivity index (χ3n) is 2.65. The van der Waals surface area contributed by atoms with Crippen molar-refractivity contribution in [1.82, 2.24) is 5.32 Å². The molecule has 0 spiro atoms. The van der Waals surface area contributed by atoms with Gasteiger partial charge < -0.3 is 5.32 Å². The van der Waals surface area contributed by atoms with E-state index in [1.54, 1.807) is 6.07 Å². The van der Waals surface area contributed by atoms with Gasteiger partial charge >= 0.3 is 6.18 Å². The molecule has 0 fully saturated rings. The van der Waals surface area contributed by atoms with E-state index < -0.39 is 11.7 Å². The van der Waals surface area contributed by atoms with Gasteiger partial charge in [-0.25, -0.2) is 0 Å². The highest BCUT2D eigenvalue weighted by Gasteiger charge is 2.30. The summed E-state index contributed by atoms with van der Waals surface area (Å²) in [5.74, 6) is 0. The summed E-state index contributed by atoms with van der Waals surface area (Å²) in [6, 6.07) is 4.03. The Morgan fingerprint density at radius 3 is 2.67 bits per heavy atom. The molecule has 4 heteroatoms. The van der Waals surface area contributed by atoms with Gasteiger partial charge in [-0.2, -0.15) is 13.2 Å². The molecule has 0 atom stereocenters. The van der Waals surface area contributed by atoms with Gasteiger partial charge in [0.15, 0.2) is 0 Å². The number of aryl methyl sites for hydroxylation is 1. The van der Waals surface area contributed by atoms with E-state index in [2.05, 4.69) is 5.32 Å². The maximum absolute atomic E-state index is 12.4. The zero-order chi connectivity index (χ0) is 10.9. The van der Waals surface area contributed by atoms with E-state index in [1.165, 1.54) is 12.1 Å². The quantitative estimate of drug-likeness (QED) is 0.701. The number of benzene rings is 1. The Morgan fingerprint density at radius 1 is 1.13 bits per heavy atom. The van der Waals surface area contributed by atoms with Crippen molar-refractivity contribution in [3.05, 3.63) is 34.9 Å². The van der Waals surface area contributed by atoms with Crippen molar-refractivity contribution in [3.8, 4) is 0 Å². The summed E-state index contributed by atoms with van der Waals surface area (Å²) in [5, 5.41) is 3.11. The molecule has 1 heterocycles. The fraction of sp³-hybridized carbons (Fsp3) is 0.455. The van der Waals surface area contributed by atoms with Crippen LogP contribution in [0.5, 0.6) is 0 Å². The van der Waals surface area contributed by atoms with E-state index in [0.717, 1.165) is 30.5 Å². The number of hydrogen-bond acceptors (Lipinski definition) is 1. The first-order valence-electron chi connectivity index (χ1n) is 4.97. The molecule has 0 saturated heterocycles. The van der Waals surface area contributed by atoms with Crippen LogP contribution in [0.2, 0.25) is 0 Å². The van der Waals surface area contributed by atoms with E-state index in [9.17, 15) is 13.2 Å². The molecule has 1 aromatic carbocycles. The number of hydrogen-bond donors (Lipinski definition) is 1. The van der Waals surface area contributed by atoms with Crippen molar-refractivity contribution in [1.29, 1.82) is 0 Å². The molecule has 0 amide bonds. The molecule has 82 valence electrons. The van der Waals surface area contributed by atoms with Crippen molar-refractivity contribution in [2.75, 3.05) is 6.54 Å². The molecule has 1 aromatic rings. The Kier molecular flexibility index (Phi) is 2.69. The van der Waals surface area contributed by atoms with Crippen molar-refractivity contribution < 1.29 is 13.2 Å². The van der Waals surface area contributed by atoms with Crippen LogP contribution in [0.1, 0.15) is 23.1 Å². The second-order valence-electron chi connectivity index (χ2n) is 3.76. The topological polar surface area (TPSA) is 12.0 Å². The number of nitrogens with one attached hydrogen (secondary N) is 1. The van der Waals surface area contributed by atoms with Gasteiger partial charge in [-0.05, 0) is 42.6 Å². The standard InChI is InChI=1S/C11H12F3N/c12-11(13,14)10-4-3-8-2-1-5-15-7-9(8)6-10/h3-4,6,15H,1-2,5,7H2. The zero-order valence-corrected chi connectivity index (χ0v) is 8.19. The third kappa shape index (κ3) is 2.31. The lowest BCUT2D eigenvalue weighted by molar-refractivity contribution is -0.137. The first-order chi connectivity index (χ1) is 7.07. The van der Waals surface area contributed by atoms with E-state index in [1.807, 2.05) is 0 Å². The largest absolute Gasteiger partial charge is 0.416 e. The first kappa shape index (κ1) is 10.5. The van der Waals surface area contributed by atoms with Crippen LogP contribution in [-0.2, 0) is 19.1 Å². The average molecular weight is 215 g/mol. The summed E-state index contributed by atoms with van der Waals surface area (Å²) in [4.78, 5) is 0. The molecule has 0 aliphatic carbocycles. The summed E-state index contributed by atoms with van der Waals surface area (Å²) < 4.78 is 37.3. The number of alkyl halides is 3.